The van der Waals surface area contributed by atoms with Crippen molar-refractivity contribution in [2.24, 2.45) is 0 Å². The Morgan fingerprint density at radius 1 is 0.683 bits per heavy atom. The monoisotopic (exact) mass is 870 g/mol. The standard InChI is InChI=1S/C23H21N3O3.C16H14ClN3O2.C7H9BO3.CH4/c1-28-15-5-2-13(3-6-15)18-8-17-14(10-24-18)4-7-16-20-19(25-21(16)17)9-23(11-29-12-23)26-22(20)27;17-12-3-10-8(5-18-12)1-2-9-13-11(19-14(9)10)4-16(6-22-7-16)20-15(13)21;1-11-7-4-2-6(3-5-7)8(9)10;/h2-3,5-6,8,10,25H,4,7,9,11-12H2,1H3,(H,26,27);3,5,19H,1-2,4,6-7H2,(H,20,21);2-5,9-10H,1H3;1H4. The van der Waals surface area contributed by atoms with Crippen LogP contribution in [0.25, 0.3) is 33.8 Å². The zero-order valence-corrected chi connectivity index (χ0v) is 34.9. The van der Waals surface area contributed by atoms with Gasteiger partial charge in [0.1, 0.15) is 16.7 Å². The number of benzene rings is 2. The number of nitrogens with zero attached hydrogens (tertiary/aromatic N) is 2. The number of nitrogens with one attached hydrogen (secondary N) is 4. The number of aromatic amines is 2. The SMILES string of the molecule is C.COc1ccc(-c2cc3c(cn2)CCc2c-3[nH]c3c2C(=O)NC2(COC2)C3)cc1.COc1ccc(B(O)O)cc1.O=C1NC2(COC2)Cc2[nH]c3c(c21)CCc1cnc(Cl)cc1-3. The molecule has 2 aromatic carbocycles. The summed E-state index contributed by atoms with van der Waals surface area (Å²) in [5.41, 5.74) is 14.7. The molecule has 0 bridgehead atoms. The number of halogens is 1. The van der Waals surface area contributed by atoms with E-state index in [0.717, 1.165) is 112 Å². The highest BCUT2D eigenvalue weighted by atomic mass is 35.5. The van der Waals surface area contributed by atoms with Crippen LogP contribution < -0.4 is 25.6 Å². The van der Waals surface area contributed by atoms with Gasteiger partial charge < -0.3 is 49.6 Å². The van der Waals surface area contributed by atoms with Gasteiger partial charge in [-0.2, -0.15) is 0 Å². The van der Waals surface area contributed by atoms with E-state index in [2.05, 4.69) is 36.6 Å². The molecule has 4 aromatic heterocycles. The third kappa shape index (κ3) is 7.67. The smallest absolute Gasteiger partial charge is 0.488 e. The van der Waals surface area contributed by atoms with Crippen molar-refractivity contribution in [2.45, 2.75) is 57.0 Å². The van der Waals surface area contributed by atoms with Crippen molar-refractivity contribution >= 4 is 36.0 Å². The Morgan fingerprint density at radius 2 is 1.16 bits per heavy atom. The average molecular weight is 871 g/mol. The lowest BCUT2D eigenvalue weighted by molar-refractivity contribution is -0.0714. The molecule has 6 aromatic rings. The second-order valence-corrected chi connectivity index (χ2v) is 17.1. The third-order valence-corrected chi connectivity index (χ3v) is 12.9. The summed E-state index contributed by atoms with van der Waals surface area (Å²) in [7, 11) is 1.82. The Hall–Kier alpha value is -5.97. The number of carbonyl (C=O) groups excluding carboxylic acids is 2. The summed E-state index contributed by atoms with van der Waals surface area (Å²) in [6.45, 7) is 2.36. The number of amides is 2. The predicted octanol–water partition coefficient (Wildman–Crippen LogP) is 4.80. The fourth-order valence-corrected chi connectivity index (χ4v) is 9.56. The van der Waals surface area contributed by atoms with Gasteiger partial charge in [-0.15, -0.1) is 0 Å². The van der Waals surface area contributed by atoms with Crippen molar-refractivity contribution in [3.8, 4) is 45.3 Å². The predicted molar refractivity (Wildman–Crippen MR) is 239 cm³/mol. The normalized spacial score (nSPS) is 17.3. The van der Waals surface area contributed by atoms with Crippen molar-refractivity contribution in [1.82, 2.24) is 30.6 Å². The van der Waals surface area contributed by atoms with Crippen molar-refractivity contribution in [2.75, 3.05) is 40.6 Å². The fraction of sp³-hybridized carbons (Fsp3) is 0.319. The highest BCUT2D eigenvalue weighted by Crippen LogP contribution is 2.42. The topological polar surface area (TPSA) is 193 Å². The number of ether oxygens (including phenoxy) is 4. The number of aryl methyl sites for hydroxylation is 2. The molecule has 2 spiro atoms. The molecular formula is C47H48BClN6O8. The van der Waals surface area contributed by atoms with Crippen LogP contribution in [0.2, 0.25) is 5.15 Å². The molecular weight excluding hydrogens is 823 g/mol. The first-order chi connectivity index (χ1) is 30.0. The van der Waals surface area contributed by atoms with E-state index in [1.54, 1.807) is 38.5 Å². The number of rotatable bonds is 4. The molecule has 12 rings (SSSR count). The van der Waals surface area contributed by atoms with Crippen LogP contribution in [-0.4, -0.2) is 101 Å². The number of fused-ring (bicyclic) bond motifs is 10. The second kappa shape index (κ2) is 16.6. The average Bonchev–Trinajstić information content (AvgIpc) is 3.85. The molecule has 2 amide bonds. The van der Waals surface area contributed by atoms with Crippen LogP contribution in [0.3, 0.4) is 0 Å². The van der Waals surface area contributed by atoms with Gasteiger partial charge in [0.15, 0.2) is 0 Å². The molecule has 16 heteroatoms. The van der Waals surface area contributed by atoms with Gasteiger partial charge in [-0.25, -0.2) is 4.98 Å². The Labute approximate surface area is 369 Å². The Balaban J connectivity index is 0.000000131. The first kappa shape index (κ1) is 42.3. The highest BCUT2D eigenvalue weighted by Gasteiger charge is 2.47. The molecule has 0 saturated carbocycles. The van der Waals surface area contributed by atoms with Crippen LogP contribution in [0.15, 0.2) is 73.1 Å². The van der Waals surface area contributed by atoms with Crippen LogP contribution in [0, 0.1) is 0 Å². The van der Waals surface area contributed by atoms with Crippen molar-refractivity contribution in [3.63, 3.8) is 0 Å². The molecule has 2 aliphatic carbocycles. The number of pyridine rings is 2. The van der Waals surface area contributed by atoms with Crippen LogP contribution in [-0.2, 0) is 48.0 Å². The minimum Gasteiger partial charge on any atom is -0.497 e. The maximum Gasteiger partial charge on any atom is 0.488 e. The van der Waals surface area contributed by atoms with Gasteiger partial charge in [-0.05, 0) is 102 Å². The summed E-state index contributed by atoms with van der Waals surface area (Å²) in [5, 5.41) is 24.2. The molecule has 324 valence electrons. The number of methoxy groups -OCH3 is 2. The Bertz CT molecular complexity index is 2730. The quantitative estimate of drug-likeness (QED) is 0.106. The molecule has 2 saturated heterocycles. The van der Waals surface area contributed by atoms with E-state index in [-0.39, 0.29) is 30.3 Å². The van der Waals surface area contributed by atoms with Gasteiger partial charge in [-0.1, -0.05) is 31.2 Å². The second-order valence-electron chi connectivity index (χ2n) is 16.7. The molecule has 4 aliphatic heterocycles. The summed E-state index contributed by atoms with van der Waals surface area (Å²) in [6.07, 6.45) is 8.90. The fourth-order valence-electron chi connectivity index (χ4n) is 9.40. The number of hydrogen-bond donors (Lipinski definition) is 6. The van der Waals surface area contributed by atoms with Crippen LogP contribution in [0.4, 0.5) is 0 Å². The van der Waals surface area contributed by atoms with E-state index in [9.17, 15) is 9.59 Å². The van der Waals surface area contributed by atoms with Crippen LogP contribution in [0.1, 0.15) is 61.8 Å². The molecule has 0 unspecified atom stereocenters. The molecule has 8 heterocycles. The molecule has 63 heavy (non-hydrogen) atoms. The third-order valence-electron chi connectivity index (χ3n) is 12.7. The zero-order chi connectivity index (χ0) is 42.8. The van der Waals surface area contributed by atoms with Gasteiger partial charge in [0.05, 0.1) is 79.9 Å². The van der Waals surface area contributed by atoms with Crippen LogP contribution >= 0.6 is 11.6 Å². The summed E-state index contributed by atoms with van der Waals surface area (Å²) in [6, 6.07) is 18.5. The lowest BCUT2D eigenvalue weighted by Crippen LogP contribution is -2.65. The van der Waals surface area contributed by atoms with E-state index < -0.39 is 7.12 Å². The molecule has 2 fully saturated rings. The van der Waals surface area contributed by atoms with Crippen molar-refractivity contribution in [1.29, 1.82) is 0 Å². The Morgan fingerprint density at radius 3 is 1.62 bits per heavy atom. The molecule has 6 N–H and O–H groups in total. The summed E-state index contributed by atoms with van der Waals surface area (Å²) in [5.74, 6) is 1.57. The molecule has 6 aliphatic rings. The van der Waals surface area contributed by atoms with Crippen molar-refractivity contribution in [3.05, 3.63) is 123 Å². The first-order valence-corrected chi connectivity index (χ1v) is 21.0. The summed E-state index contributed by atoms with van der Waals surface area (Å²) in [4.78, 5) is 41.4. The zero-order valence-electron chi connectivity index (χ0n) is 34.2. The minimum absolute atomic E-state index is 0. The highest BCUT2D eigenvalue weighted by molar-refractivity contribution is 6.58. The van der Waals surface area contributed by atoms with Gasteiger partial charge in [0.2, 0.25) is 0 Å². The van der Waals surface area contributed by atoms with E-state index in [1.807, 2.05) is 42.7 Å². The van der Waals surface area contributed by atoms with E-state index >= 15 is 0 Å². The van der Waals surface area contributed by atoms with E-state index in [4.69, 9.17) is 40.6 Å². The summed E-state index contributed by atoms with van der Waals surface area (Å²) < 4.78 is 20.8. The lowest BCUT2D eigenvalue weighted by Gasteiger charge is -2.44. The maximum atomic E-state index is 12.9. The first-order valence-electron chi connectivity index (χ1n) is 20.6. The molecule has 0 radical (unpaired) electrons. The minimum atomic E-state index is -1.40. The number of aromatic nitrogens is 4. The number of hydrogen-bond acceptors (Lipinski definition) is 10. The largest absolute Gasteiger partial charge is 0.497 e. The van der Waals surface area contributed by atoms with Crippen LogP contribution in [0.5, 0.6) is 11.5 Å². The van der Waals surface area contributed by atoms with Gasteiger partial charge in [0.25, 0.3) is 11.8 Å². The van der Waals surface area contributed by atoms with Gasteiger partial charge in [-0.3, -0.25) is 14.6 Å². The van der Waals surface area contributed by atoms with Gasteiger partial charge in [0, 0.05) is 53.3 Å². The number of carbonyl (C=O) groups is 2. The van der Waals surface area contributed by atoms with Gasteiger partial charge >= 0.3 is 7.12 Å². The maximum absolute atomic E-state index is 12.9. The van der Waals surface area contributed by atoms with Crippen molar-refractivity contribution < 1.29 is 38.6 Å². The van der Waals surface area contributed by atoms with E-state index in [1.165, 1.54) is 11.1 Å². The molecule has 14 nitrogen and oxygen atoms in total. The number of H-pyrrole nitrogens is 2. The Kier molecular flexibility index (Phi) is 11.2. The summed E-state index contributed by atoms with van der Waals surface area (Å²) >= 11 is 6.05. The molecule has 0 atom stereocenters. The lowest BCUT2D eigenvalue weighted by atomic mass is 9.80. The van der Waals surface area contributed by atoms with E-state index in [0.29, 0.717) is 42.8 Å².